The molecule has 5 heteroatoms. The number of hydrogen-bond acceptors (Lipinski definition) is 4. The Morgan fingerprint density at radius 2 is 2.09 bits per heavy atom. The van der Waals surface area contributed by atoms with Crippen LogP contribution < -0.4 is 15.2 Å². The number of carbonyl (C=O) groups is 1. The van der Waals surface area contributed by atoms with Crippen molar-refractivity contribution in [3.63, 3.8) is 0 Å². The number of fused-ring (bicyclic) bond motifs is 1. The Bertz CT molecular complexity index is 592. The fraction of sp³-hybridized carbons (Fsp3) is 0.611. The van der Waals surface area contributed by atoms with Crippen LogP contribution in [0.2, 0.25) is 0 Å². The Morgan fingerprint density at radius 3 is 2.74 bits per heavy atom. The standard InChI is InChI=1S/C18H26N2O3/c1-12(17(19)21)20-9-7-14(8-10-20)22-15-6-4-5-13-11-18(2,3)23-16(13)15/h4-6,12,14H,7-11H2,1-3H3,(H2,19,21)/t12-/m0/s1. The second-order valence-electron chi connectivity index (χ2n) is 7.21. The molecule has 1 aromatic rings. The van der Waals surface area contributed by atoms with Crippen molar-refractivity contribution in [2.24, 2.45) is 5.73 Å². The van der Waals surface area contributed by atoms with Gasteiger partial charge in [0.25, 0.3) is 0 Å². The van der Waals surface area contributed by atoms with Crippen molar-refractivity contribution in [2.75, 3.05) is 13.1 Å². The second kappa shape index (κ2) is 6.04. The lowest BCUT2D eigenvalue weighted by molar-refractivity contribution is -0.123. The van der Waals surface area contributed by atoms with E-state index in [1.54, 1.807) is 0 Å². The van der Waals surface area contributed by atoms with Gasteiger partial charge < -0.3 is 15.2 Å². The number of benzene rings is 1. The highest BCUT2D eigenvalue weighted by Crippen LogP contribution is 2.42. The molecular formula is C18H26N2O3. The largest absolute Gasteiger partial charge is 0.486 e. The average Bonchev–Trinajstić information content (AvgIpc) is 2.82. The number of piperidine rings is 1. The highest BCUT2D eigenvalue weighted by Gasteiger charge is 2.33. The number of carbonyl (C=O) groups excluding carboxylic acids is 1. The molecule has 2 heterocycles. The molecule has 5 nitrogen and oxygen atoms in total. The lowest BCUT2D eigenvalue weighted by Gasteiger charge is -2.34. The lowest BCUT2D eigenvalue weighted by Crippen LogP contribution is -2.48. The number of likely N-dealkylation sites (tertiary alicyclic amines) is 1. The number of amides is 1. The maximum Gasteiger partial charge on any atom is 0.234 e. The molecule has 2 N–H and O–H groups in total. The van der Waals surface area contributed by atoms with Gasteiger partial charge in [0.15, 0.2) is 11.5 Å². The topological polar surface area (TPSA) is 64.8 Å². The van der Waals surface area contributed by atoms with Gasteiger partial charge in [-0.1, -0.05) is 12.1 Å². The van der Waals surface area contributed by atoms with Crippen LogP contribution in [-0.4, -0.2) is 41.6 Å². The Labute approximate surface area is 137 Å². The Balaban J connectivity index is 1.63. The van der Waals surface area contributed by atoms with Crippen LogP contribution in [0.5, 0.6) is 11.5 Å². The summed E-state index contributed by atoms with van der Waals surface area (Å²) in [6.45, 7) is 7.72. The predicted octanol–water partition coefficient (Wildman–Crippen LogP) is 2.12. The SMILES string of the molecule is C[C@@H](C(N)=O)N1CCC(Oc2cccc3c2OC(C)(C)C3)CC1. The molecule has 0 bridgehead atoms. The van der Waals surface area contributed by atoms with Crippen LogP contribution in [0.25, 0.3) is 0 Å². The minimum absolute atomic E-state index is 0.158. The fourth-order valence-electron chi connectivity index (χ4n) is 3.42. The van der Waals surface area contributed by atoms with Gasteiger partial charge in [-0.05, 0) is 39.7 Å². The van der Waals surface area contributed by atoms with Crippen molar-refractivity contribution in [3.8, 4) is 11.5 Å². The summed E-state index contributed by atoms with van der Waals surface area (Å²) in [4.78, 5) is 13.4. The van der Waals surface area contributed by atoms with Crippen LogP contribution in [0.1, 0.15) is 39.2 Å². The third-order valence-corrected chi connectivity index (χ3v) is 4.78. The highest BCUT2D eigenvalue weighted by molar-refractivity contribution is 5.79. The molecule has 0 radical (unpaired) electrons. The van der Waals surface area contributed by atoms with Crippen LogP contribution in [0, 0.1) is 0 Å². The van der Waals surface area contributed by atoms with E-state index in [4.69, 9.17) is 15.2 Å². The van der Waals surface area contributed by atoms with Gasteiger partial charge in [-0.3, -0.25) is 9.69 Å². The van der Waals surface area contributed by atoms with Crippen molar-refractivity contribution in [1.82, 2.24) is 4.90 Å². The smallest absolute Gasteiger partial charge is 0.234 e. The first-order valence-electron chi connectivity index (χ1n) is 8.37. The third kappa shape index (κ3) is 3.44. The van der Waals surface area contributed by atoms with Crippen molar-refractivity contribution >= 4 is 5.91 Å². The van der Waals surface area contributed by atoms with Crippen molar-refractivity contribution in [3.05, 3.63) is 23.8 Å². The van der Waals surface area contributed by atoms with Gasteiger partial charge in [0, 0.05) is 25.1 Å². The molecule has 1 amide bonds. The van der Waals surface area contributed by atoms with E-state index < -0.39 is 0 Å². The monoisotopic (exact) mass is 318 g/mol. The molecule has 0 saturated carbocycles. The molecule has 2 aliphatic rings. The number of primary amides is 1. The third-order valence-electron chi connectivity index (χ3n) is 4.78. The van der Waals surface area contributed by atoms with Crippen molar-refractivity contribution < 1.29 is 14.3 Å². The Morgan fingerprint density at radius 1 is 1.39 bits per heavy atom. The van der Waals surface area contributed by atoms with E-state index in [2.05, 4.69) is 24.8 Å². The van der Waals surface area contributed by atoms with Crippen molar-refractivity contribution in [1.29, 1.82) is 0 Å². The van der Waals surface area contributed by atoms with Crippen LogP contribution in [-0.2, 0) is 11.2 Å². The molecule has 3 rings (SSSR count). The normalized spacial score (nSPS) is 22.2. The van der Waals surface area contributed by atoms with E-state index in [1.807, 2.05) is 19.1 Å². The molecule has 23 heavy (non-hydrogen) atoms. The summed E-state index contributed by atoms with van der Waals surface area (Å²) in [6, 6.07) is 5.91. The lowest BCUT2D eigenvalue weighted by atomic mass is 10.0. The number of para-hydroxylation sites is 1. The van der Waals surface area contributed by atoms with E-state index in [0.29, 0.717) is 0 Å². The van der Waals surface area contributed by atoms with Gasteiger partial charge in [-0.25, -0.2) is 0 Å². The van der Waals surface area contributed by atoms with E-state index in [9.17, 15) is 4.79 Å². The van der Waals surface area contributed by atoms with E-state index in [0.717, 1.165) is 43.9 Å². The molecule has 0 aliphatic carbocycles. The molecule has 0 aromatic heterocycles. The summed E-state index contributed by atoms with van der Waals surface area (Å²) in [6.07, 6.45) is 2.86. The minimum Gasteiger partial charge on any atom is -0.486 e. The molecule has 1 atom stereocenters. The first-order chi connectivity index (χ1) is 10.9. The summed E-state index contributed by atoms with van der Waals surface area (Å²) >= 11 is 0. The first kappa shape index (κ1) is 16.1. The van der Waals surface area contributed by atoms with E-state index >= 15 is 0 Å². The predicted molar refractivity (Wildman–Crippen MR) is 88.7 cm³/mol. The van der Waals surface area contributed by atoms with E-state index in [-0.39, 0.29) is 23.7 Å². The summed E-state index contributed by atoms with van der Waals surface area (Å²) in [5, 5.41) is 0. The van der Waals surface area contributed by atoms with Crippen LogP contribution >= 0.6 is 0 Å². The number of nitrogens with zero attached hydrogens (tertiary/aromatic N) is 1. The molecule has 126 valence electrons. The quantitative estimate of drug-likeness (QED) is 0.923. The molecule has 2 aliphatic heterocycles. The maximum absolute atomic E-state index is 11.3. The van der Waals surface area contributed by atoms with Gasteiger partial charge >= 0.3 is 0 Å². The molecule has 1 aromatic carbocycles. The Hall–Kier alpha value is -1.75. The fourth-order valence-corrected chi connectivity index (χ4v) is 3.42. The zero-order chi connectivity index (χ0) is 16.6. The second-order valence-corrected chi connectivity index (χ2v) is 7.21. The molecular weight excluding hydrogens is 292 g/mol. The molecule has 1 fully saturated rings. The van der Waals surface area contributed by atoms with Crippen LogP contribution in [0.15, 0.2) is 18.2 Å². The average molecular weight is 318 g/mol. The number of ether oxygens (including phenoxy) is 2. The summed E-state index contributed by atoms with van der Waals surface area (Å²) in [5.74, 6) is 1.47. The zero-order valence-electron chi connectivity index (χ0n) is 14.2. The Kier molecular flexibility index (Phi) is 4.23. The van der Waals surface area contributed by atoms with Crippen LogP contribution in [0.3, 0.4) is 0 Å². The summed E-state index contributed by atoms with van der Waals surface area (Å²) < 4.78 is 12.3. The van der Waals surface area contributed by atoms with Gasteiger partial charge in [0.05, 0.1) is 6.04 Å². The molecule has 1 saturated heterocycles. The highest BCUT2D eigenvalue weighted by atomic mass is 16.5. The number of nitrogens with two attached hydrogens (primary N) is 1. The zero-order valence-corrected chi connectivity index (χ0v) is 14.2. The molecule has 0 unspecified atom stereocenters. The van der Waals surface area contributed by atoms with Crippen LogP contribution in [0.4, 0.5) is 0 Å². The summed E-state index contributed by atoms with van der Waals surface area (Å²) in [7, 11) is 0. The van der Waals surface area contributed by atoms with Gasteiger partial charge in [-0.2, -0.15) is 0 Å². The van der Waals surface area contributed by atoms with E-state index in [1.165, 1.54) is 5.56 Å². The minimum atomic E-state index is -0.263. The molecule has 0 spiro atoms. The van der Waals surface area contributed by atoms with Gasteiger partial charge in [-0.15, -0.1) is 0 Å². The van der Waals surface area contributed by atoms with Gasteiger partial charge in [0.2, 0.25) is 5.91 Å². The summed E-state index contributed by atoms with van der Waals surface area (Å²) in [5.41, 5.74) is 6.43. The number of rotatable bonds is 4. The number of hydrogen-bond donors (Lipinski definition) is 1. The maximum atomic E-state index is 11.3. The van der Waals surface area contributed by atoms with Crippen molar-refractivity contribution in [2.45, 2.75) is 57.8 Å². The van der Waals surface area contributed by atoms with Gasteiger partial charge in [0.1, 0.15) is 11.7 Å². The first-order valence-corrected chi connectivity index (χ1v) is 8.37.